The normalized spacial score (nSPS) is 19.0. The molecule has 1 unspecified atom stereocenters. The van der Waals surface area contributed by atoms with Crippen molar-refractivity contribution in [2.75, 3.05) is 0 Å². The Morgan fingerprint density at radius 3 is 2.83 bits per heavy atom. The predicted octanol–water partition coefficient (Wildman–Crippen LogP) is 3.51. The molecule has 0 spiro atoms. The van der Waals surface area contributed by atoms with Crippen LogP contribution in [0, 0.1) is 5.41 Å². The molecule has 23 heavy (non-hydrogen) atoms. The minimum atomic E-state index is -1.24. The van der Waals surface area contributed by atoms with Gasteiger partial charge in [0.1, 0.15) is 5.82 Å². The molecule has 2 aromatic heterocycles. The second kappa shape index (κ2) is 4.72. The van der Waals surface area contributed by atoms with E-state index in [2.05, 4.69) is 9.97 Å². The molecule has 5 heteroatoms. The van der Waals surface area contributed by atoms with Crippen LogP contribution in [0.2, 0.25) is 0 Å². The number of pyridine rings is 1. The van der Waals surface area contributed by atoms with Crippen LogP contribution in [-0.4, -0.2) is 14.5 Å². The number of fused-ring (bicyclic) bond motifs is 2. The number of halogens is 1. The maximum absolute atomic E-state index is 14.6. The molecule has 3 aromatic rings. The monoisotopic (exact) mass is 309 g/mol. The van der Waals surface area contributed by atoms with Crippen LogP contribution >= 0.6 is 0 Å². The van der Waals surface area contributed by atoms with Gasteiger partial charge in [0, 0.05) is 23.7 Å². The van der Waals surface area contributed by atoms with Crippen LogP contribution in [0.15, 0.2) is 47.4 Å². The molecule has 0 saturated carbocycles. The molecule has 116 valence electrons. The third-order valence-electron chi connectivity index (χ3n) is 4.42. The van der Waals surface area contributed by atoms with Crippen molar-refractivity contribution in [1.82, 2.24) is 14.5 Å². The van der Waals surface area contributed by atoms with Gasteiger partial charge in [-0.1, -0.05) is 26.0 Å². The summed E-state index contributed by atoms with van der Waals surface area (Å²) >= 11 is 0. The van der Waals surface area contributed by atoms with E-state index in [1.165, 1.54) is 4.57 Å². The quantitative estimate of drug-likeness (QED) is 0.691. The summed E-state index contributed by atoms with van der Waals surface area (Å²) in [5.41, 5.74) is 1.40. The summed E-state index contributed by atoms with van der Waals surface area (Å²) in [6.07, 6.45) is 0.475. The third kappa shape index (κ3) is 2.07. The van der Waals surface area contributed by atoms with Gasteiger partial charge in [-0.3, -0.25) is 14.3 Å². The number of hydrogen-bond acceptors (Lipinski definition) is 3. The van der Waals surface area contributed by atoms with E-state index in [1.54, 1.807) is 18.3 Å². The minimum Gasteiger partial charge on any atom is -0.293 e. The van der Waals surface area contributed by atoms with Gasteiger partial charge in [0.15, 0.2) is 6.17 Å². The van der Waals surface area contributed by atoms with E-state index in [1.807, 2.05) is 38.1 Å². The molecule has 0 N–H and O–H groups in total. The van der Waals surface area contributed by atoms with Gasteiger partial charge >= 0.3 is 0 Å². The summed E-state index contributed by atoms with van der Waals surface area (Å²) in [5, 5.41) is 0.512. The molecule has 1 aromatic carbocycles. The van der Waals surface area contributed by atoms with E-state index < -0.39 is 11.6 Å². The van der Waals surface area contributed by atoms with Crippen LogP contribution in [0.3, 0.4) is 0 Å². The number of nitrogens with zero attached hydrogens (tertiary/aromatic N) is 3. The molecule has 4 nitrogen and oxygen atoms in total. The lowest BCUT2D eigenvalue weighted by Crippen LogP contribution is -2.23. The van der Waals surface area contributed by atoms with Gasteiger partial charge in [0.2, 0.25) is 0 Å². The van der Waals surface area contributed by atoms with Crippen LogP contribution in [0.1, 0.15) is 25.8 Å². The van der Waals surface area contributed by atoms with Crippen LogP contribution < -0.4 is 5.56 Å². The van der Waals surface area contributed by atoms with E-state index in [9.17, 15) is 9.18 Å². The Balaban J connectivity index is 1.95. The summed E-state index contributed by atoms with van der Waals surface area (Å²) in [4.78, 5) is 21.4. The van der Waals surface area contributed by atoms with Gasteiger partial charge in [-0.2, -0.15) is 0 Å². The van der Waals surface area contributed by atoms with E-state index in [0.29, 0.717) is 17.4 Å². The minimum absolute atomic E-state index is 0.175. The highest BCUT2D eigenvalue weighted by molar-refractivity contribution is 5.83. The van der Waals surface area contributed by atoms with Crippen LogP contribution in [-0.2, 0) is 6.54 Å². The fourth-order valence-corrected chi connectivity index (χ4v) is 3.11. The maximum atomic E-state index is 14.6. The van der Waals surface area contributed by atoms with Gasteiger partial charge in [-0.05, 0) is 24.3 Å². The van der Waals surface area contributed by atoms with E-state index >= 15 is 0 Å². The van der Waals surface area contributed by atoms with Gasteiger partial charge in [0.05, 0.1) is 16.6 Å². The zero-order valence-corrected chi connectivity index (χ0v) is 13.0. The molecule has 3 heterocycles. The van der Waals surface area contributed by atoms with E-state index in [-0.39, 0.29) is 11.4 Å². The molecule has 0 aliphatic carbocycles. The molecular weight excluding hydrogens is 293 g/mol. The van der Waals surface area contributed by atoms with E-state index in [0.717, 1.165) is 11.3 Å². The van der Waals surface area contributed by atoms with Crippen molar-refractivity contribution in [1.29, 1.82) is 0 Å². The molecule has 1 aliphatic heterocycles. The van der Waals surface area contributed by atoms with Crippen LogP contribution in [0.25, 0.3) is 22.2 Å². The van der Waals surface area contributed by atoms with Crippen LogP contribution in [0.5, 0.6) is 0 Å². The Kier molecular flexibility index (Phi) is 2.88. The first-order valence-corrected chi connectivity index (χ1v) is 7.57. The maximum Gasteiger partial charge on any atom is 0.261 e. The lowest BCUT2D eigenvalue weighted by Gasteiger charge is -2.17. The first-order chi connectivity index (χ1) is 11.0. The Morgan fingerprint density at radius 1 is 1.26 bits per heavy atom. The zero-order chi connectivity index (χ0) is 16.2. The summed E-state index contributed by atoms with van der Waals surface area (Å²) < 4.78 is 16.1. The van der Waals surface area contributed by atoms with E-state index in [4.69, 9.17) is 0 Å². The molecule has 1 atom stereocenters. The smallest absolute Gasteiger partial charge is 0.261 e. The van der Waals surface area contributed by atoms with Crippen molar-refractivity contribution in [3.63, 3.8) is 0 Å². The number of aromatic nitrogens is 3. The fraction of sp³-hybridized carbons (Fsp3) is 0.278. The highest BCUT2D eigenvalue weighted by Crippen LogP contribution is 2.42. The topological polar surface area (TPSA) is 47.8 Å². The summed E-state index contributed by atoms with van der Waals surface area (Å²) in [6.45, 7) is 3.98. The number of alkyl halides is 1. The highest BCUT2D eigenvalue weighted by atomic mass is 19.1. The Morgan fingerprint density at radius 2 is 2.09 bits per heavy atom. The third-order valence-corrected chi connectivity index (χ3v) is 4.42. The van der Waals surface area contributed by atoms with Crippen molar-refractivity contribution < 1.29 is 4.39 Å². The number of hydrogen-bond donors (Lipinski definition) is 0. The van der Waals surface area contributed by atoms with Crippen molar-refractivity contribution in [2.24, 2.45) is 5.41 Å². The Bertz CT molecular complexity index is 963. The average Bonchev–Trinajstić information content (AvgIpc) is 2.79. The molecule has 4 rings (SSSR count). The molecule has 0 bridgehead atoms. The zero-order valence-electron chi connectivity index (χ0n) is 13.0. The summed E-state index contributed by atoms with van der Waals surface area (Å²) in [6, 6.07) is 11.0. The van der Waals surface area contributed by atoms with Crippen molar-refractivity contribution in [3.05, 3.63) is 58.8 Å². The van der Waals surface area contributed by atoms with Crippen LogP contribution in [0.4, 0.5) is 4.39 Å². The second-order valence-electron chi connectivity index (χ2n) is 6.66. The molecule has 1 aliphatic rings. The largest absolute Gasteiger partial charge is 0.293 e. The molecular formula is C18H16FN3O. The Hall–Kier alpha value is -2.56. The number of benzene rings is 1. The second-order valence-corrected chi connectivity index (χ2v) is 6.66. The highest BCUT2D eigenvalue weighted by Gasteiger charge is 2.41. The van der Waals surface area contributed by atoms with Gasteiger partial charge < -0.3 is 0 Å². The van der Waals surface area contributed by atoms with Crippen molar-refractivity contribution in [3.8, 4) is 11.3 Å². The lowest BCUT2D eigenvalue weighted by molar-refractivity contribution is 0.160. The summed E-state index contributed by atoms with van der Waals surface area (Å²) in [5.74, 6) is 0.227. The lowest BCUT2D eigenvalue weighted by atomic mass is 9.90. The SMILES string of the molecule is CC1(C)Cn2c(nc3cc(-c4ccccn4)ccc3c2=O)C1F. The standard InChI is InChI=1S/C18H16FN3O/c1-18(2)10-22-16(15(18)19)21-14-9-11(6-7-12(14)17(22)23)13-5-3-4-8-20-13/h3-9,15H,10H2,1-2H3. The summed E-state index contributed by atoms with van der Waals surface area (Å²) in [7, 11) is 0. The first-order valence-electron chi connectivity index (χ1n) is 7.57. The molecule has 0 amide bonds. The predicted molar refractivity (Wildman–Crippen MR) is 86.9 cm³/mol. The fourth-order valence-electron chi connectivity index (χ4n) is 3.11. The molecule has 0 saturated heterocycles. The molecule has 0 radical (unpaired) electrons. The molecule has 0 fully saturated rings. The van der Waals surface area contributed by atoms with Gasteiger partial charge in [-0.15, -0.1) is 0 Å². The van der Waals surface area contributed by atoms with Crippen molar-refractivity contribution in [2.45, 2.75) is 26.6 Å². The van der Waals surface area contributed by atoms with Gasteiger partial charge in [0.25, 0.3) is 5.56 Å². The van der Waals surface area contributed by atoms with Crippen molar-refractivity contribution >= 4 is 10.9 Å². The first kappa shape index (κ1) is 14.1. The van der Waals surface area contributed by atoms with Gasteiger partial charge in [-0.25, -0.2) is 9.37 Å². The average molecular weight is 309 g/mol. The Labute approximate surface area is 132 Å². The number of rotatable bonds is 1.